The normalized spacial score (nSPS) is 15.8. The zero-order valence-corrected chi connectivity index (χ0v) is 12.0. The summed E-state index contributed by atoms with van der Waals surface area (Å²) in [6.07, 6.45) is -7.75. The second kappa shape index (κ2) is 8.26. The van der Waals surface area contributed by atoms with Crippen molar-refractivity contribution in [2.24, 2.45) is 0 Å². The van der Waals surface area contributed by atoms with Crippen molar-refractivity contribution in [1.29, 1.82) is 0 Å². The number of aliphatic hydroxyl groups excluding tert-OH is 4. The van der Waals surface area contributed by atoms with Crippen LogP contribution in [0.4, 0.5) is 11.4 Å². The van der Waals surface area contributed by atoms with Gasteiger partial charge in [0.1, 0.15) is 18.3 Å². The predicted octanol–water partition coefficient (Wildman–Crippen LogP) is -1.48. The maximum atomic E-state index is 11.0. The van der Waals surface area contributed by atoms with Crippen molar-refractivity contribution in [3.63, 3.8) is 0 Å². The van der Waals surface area contributed by atoms with Crippen LogP contribution in [-0.2, 0) is 4.79 Å². The lowest BCUT2D eigenvalue weighted by atomic mass is 10.0. The van der Waals surface area contributed by atoms with Crippen molar-refractivity contribution in [3.8, 4) is 5.75 Å². The Morgan fingerprint density at radius 2 is 1.75 bits per heavy atom. The molecule has 12 nitrogen and oxygen atoms in total. The third kappa shape index (κ3) is 4.20. The van der Waals surface area contributed by atoms with Crippen LogP contribution < -0.4 is 4.74 Å². The number of rotatable bonds is 9. The third-order valence-corrected chi connectivity index (χ3v) is 3.02. The van der Waals surface area contributed by atoms with E-state index in [2.05, 4.69) is 0 Å². The number of benzene rings is 1. The van der Waals surface area contributed by atoms with E-state index in [-0.39, 0.29) is 6.29 Å². The Kier molecular flexibility index (Phi) is 6.67. The molecule has 4 atom stereocenters. The second-order valence-electron chi connectivity index (χ2n) is 4.59. The molecule has 4 N–H and O–H groups in total. The maximum absolute atomic E-state index is 11.0. The average Bonchev–Trinajstić information content (AvgIpc) is 2.56. The zero-order chi connectivity index (χ0) is 18.4. The molecule has 24 heavy (non-hydrogen) atoms. The van der Waals surface area contributed by atoms with Gasteiger partial charge in [0.15, 0.2) is 12.4 Å². The SMILES string of the molecule is O=C[C@H](Oc1cccc([N+](=O)[O-])c1[N+](=O)[O-])[C@@H](O)[C@H](O)[C@H](O)CO. The van der Waals surface area contributed by atoms with E-state index in [9.17, 15) is 40.3 Å². The standard InChI is InChI=1S/C12H14N2O10/c15-4-7(17)11(18)12(19)9(5-16)24-8-3-1-2-6(13(20)21)10(8)14(22)23/h1-3,5,7,9,11-12,15,17-19H,4H2/t7-,9+,11-,12-/m1/s1. The van der Waals surface area contributed by atoms with Gasteiger partial charge in [-0.3, -0.25) is 25.0 Å². The van der Waals surface area contributed by atoms with Gasteiger partial charge in [0.25, 0.3) is 0 Å². The fraction of sp³-hybridized carbons (Fsp3) is 0.417. The molecule has 0 bridgehead atoms. The lowest BCUT2D eigenvalue weighted by Gasteiger charge is -2.25. The monoisotopic (exact) mass is 346 g/mol. The van der Waals surface area contributed by atoms with Crippen molar-refractivity contribution in [3.05, 3.63) is 38.4 Å². The fourth-order valence-electron chi connectivity index (χ4n) is 1.79. The summed E-state index contributed by atoms with van der Waals surface area (Å²) < 4.78 is 4.91. The first-order valence-electron chi connectivity index (χ1n) is 6.43. The van der Waals surface area contributed by atoms with Gasteiger partial charge in [-0.15, -0.1) is 0 Å². The summed E-state index contributed by atoms with van der Waals surface area (Å²) in [6.45, 7) is -0.930. The number of ether oxygens (including phenoxy) is 1. The molecule has 0 saturated carbocycles. The van der Waals surface area contributed by atoms with Gasteiger partial charge < -0.3 is 25.2 Å². The zero-order valence-electron chi connectivity index (χ0n) is 12.0. The van der Waals surface area contributed by atoms with Gasteiger partial charge in [0, 0.05) is 6.07 Å². The molecule has 12 heteroatoms. The summed E-state index contributed by atoms with van der Waals surface area (Å²) in [5, 5.41) is 59.1. The first-order chi connectivity index (χ1) is 11.2. The number of para-hydroxylation sites is 1. The van der Waals surface area contributed by atoms with E-state index >= 15 is 0 Å². The Hall–Kier alpha value is -2.67. The highest BCUT2D eigenvalue weighted by atomic mass is 16.6. The molecule has 0 aliphatic rings. The van der Waals surface area contributed by atoms with Gasteiger partial charge >= 0.3 is 11.4 Å². The topological polar surface area (TPSA) is 193 Å². The highest BCUT2D eigenvalue weighted by Gasteiger charge is 2.36. The molecule has 1 rings (SSSR count). The van der Waals surface area contributed by atoms with Crippen LogP contribution in [0.1, 0.15) is 0 Å². The van der Waals surface area contributed by atoms with E-state index in [1.165, 1.54) is 0 Å². The van der Waals surface area contributed by atoms with Crippen LogP contribution in [0.5, 0.6) is 5.75 Å². The van der Waals surface area contributed by atoms with E-state index < -0.39 is 58.0 Å². The van der Waals surface area contributed by atoms with Crippen LogP contribution in [0.15, 0.2) is 18.2 Å². The van der Waals surface area contributed by atoms with Crippen LogP contribution >= 0.6 is 0 Å². The summed E-state index contributed by atoms with van der Waals surface area (Å²) in [4.78, 5) is 30.8. The Morgan fingerprint density at radius 3 is 2.21 bits per heavy atom. The number of nitro groups is 2. The minimum Gasteiger partial charge on any atom is -0.473 e. The molecule has 0 aromatic heterocycles. The van der Waals surface area contributed by atoms with E-state index in [1.54, 1.807) is 0 Å². The molecular formula is C12H14N2O10. The number of carbonyl (C=O) groups excluding carboxylic acids is 1. The Labute approximate surface area is 133 Å². The summed E-state index contributed by atoms with van der Waals surface area (Å²) >= 11 is 0. The molecule has 0 aliphatic heterocycles. The van der Waals surface area contributed by atoms with E-state index in [4.69, 9.17) is 9.84 Å². The van der Waals surface area contributed by atoms with Gasteiger partial charge in [-0.2, -0.15) is 0 Å². The van der Waals surface area contributed by atoms with Crippen LogP contribution in [0.25, 0.3) is 0 Å². The number of carbonyl (C=O) groups is 1. The number of hydrogen-bond donors (Lipinski definition) is 4. The molecule has 1 aromatic carbocycles. The maximum Gasteiger partial charge on any atom is 0.387 e. The molecule has 0 unspecified atom stereocenters. The van der Waals surface area contributed by atoms with Crippen LogP contribution in [0, 0.1) is 20.2 Å². The molecule has 0 heterocycles. The second-order valence-corrected chi connectivity index (χ2v) is 4.59. The summed E-state index contributed by atoms with van der Waals surface area (Å²) in [7, 11) is 0. The Balaban J connectivity index is 3.18. The van der Waals surface area contributed by atoms with E-state index in [1.807, 2.05) is 0 Å². The molecule has 0 spiro atoms. The number of aliphatic hydroxyl groups is 4. The van der Waals surface area contributed by atoms with Crippen molar-refractivity contribution in [2.75, 3.05) is 6.61 Å². The van der Waals surface area contributed by atoms with Crippen molar-refractivity contribution in [1.82, 2.24) is 0 Å². The highest BCUT2D eigenvalue weighted by Crippen LogP contribution is 2.36. The summed E-state index contributed by atoms with van der Waals surface area (Å²) in [5.41, 5.74) is -1.94. The van der Waals surface area contributed by atoms with Gasteiger partial charge in [0.05, 0.1) is 16.5 Å². The first-order valence-corrected chi connectivity index (χ1v) is 6.43. The molecule has 0 fully saturated rings. The van der Waals surface area contributed by atoms with E-state index in [0.29, 0.717) is 0 Å². The van der Waals surface area contributed by atoms with E-state index in [0.717, 1.165) is 18.2 Å². The summed E-state index contributed by atoms with van der Waals surface area (Å²) in [5.74, 6) is -0.684. The predicted molar refractivity (Wildman–Crippen MR) is 75.3 cm³/mol. The minimum atomic E-state index is -2.05. The Bertz CT molecular complexity index is 622. The molecule has 0 amide bonds. The lowest BCUT2D eigenvalue weighted by Crippen LogP contribution is -2.48. The Morgan fingerprint density at radius 1 is 1.12 bits per heavy atom. The van der Waals surface area contributed by atoms with Crippen LogP contribution in [0.3, 0.4) is 0 Å². The molecule has 1 aromatic rings. The molecule has 132 valence electrons. The van der Waals surface area contributed by atoms with Crippen LogP contribution in [-0.4, -0.2) is 67.6 Å². The molecule has 0 aliphatic carbocycles. The average molecular weight is 346 g/mol. The van der Waals surface area contributed by atoms with Crippen LogP contribution in [0.2, 0.25) is 0 Å². The quantitative estimate of drug-likeness (QED) is 0.233. The number of nitro benzene ring substituents is 2. The largest absolute Gasteiger partial charge is 0.473 e. The van der Waals surface area contributed by atoms with Gasteiger partial charge in [-0.25, -0.2) is 0 Å². The lowest BCUT2D eigenvalue weighted by molar-refractivity contribution is -0.423. The first kappa shape index (κ1) is 19.4. The van der Waals surface area contributed by atoms with Crippen molar-refractivity contribution >= 4 is 17.7 Å². The summed E-state index contributed by atoms with van der Waals surface area (Å²) in [6, 6.07) is 2.87. The number of nitrogens with zero attached hydrogens (tertiary/aromatic N) is 2. The molecular weight excluding hydrogens is 332 g/mol. The molecule has 0 saturated heterocycles. The number of aldehydes is 1. The highest BCUT2D eigenvalue weighted by molar-refractivity contribution is 5.64. The fourth-order valence-corrected chi connectivity index (χ4v) is 1.79. The smallest absolute Gasteiger partial charge is 0.387 e. The minimum absolute atomic E-state index is 0.0134. The van der Waals surface area contributed by atoms with Gasteiger partial charge in [-0.1, -0.05) is 6.07 Å². The molecule has 0 radical (unpaired) electrons. The van der Waals surface area contributed by atoms with Gasteiger partial charge in [-0.05, 0) is 6.07 Å². The third-order valence-electron chi connectivity index (χ3n) is 3.02. The number of hydrogen-bond acceptors (Lipinski definition) is 10. The van der Waals surface area contributed by atoms with Crippen molar-refractivity contribution < 1.29 is 39.8 Å². The van der Waals surface area contributed by atoms with Crippen molar-refractivity contribution in [2.45, 2.75) is 24.4 Å². The van der Waals surface area contributed by atoms with Gasteiger partial charge in [0.2, 0.25) is 5.75 Å².